The van der Waals surface area contributed by atoms with Crippen LogP contribution in [0, 0.1) is 6.92 Å². The summed E-state index contributed by atoms with van der Waals surface area (Å²) in [5.41, 5.74) is 3.99. The fraction of sp³-hybridized carbons (Fsp3) is 0.462. The van der Waals surface area contributed by atoms with Crippen molar-refractivity contribution in [3.63, 3.8) is 0 Å². The lowest BCUT2D eigenvalue weighted by Crippen LogP contribution is -1.98. The number of hydrogen-bond donors (Lipinski definition) is 0. The molecule has 1 radical (unpaired) electrons. The molecule has 0 spiro atoms. The summed E-state index contributed by atoms with van der Waals surface area (Å²) in [5.74, 6) is 1.15. The van der Waals surface area contributed by atoms with Crippen molar-refractivity contribution < 1.29 is 0 Å². The minimum Gasteiger partial charge on any atom is -0.0617 e. The molecule has 0 aliphatic carbocycles. The Labute approximate surface area is 82.0 Å². The average molecular weight is 175 g/mol. The van der Waals surface area contributed by atoms with Gasteiger partial charge in [0.2, 0.25) is 0 Å². The molecule has 13 heavy (non-hydrogen) atoms. The summed E-state index contributed by atoms with van der Waals surface area (Å²) in [6.45, 7) is 13.0. The first-order valence-electron chi connectivity index (χ1n) is 4.98. The van der Waals surface area contributed by atoms with Crippen LogP contribution in [0.1, 0.15) is 56.2 Å². The summed E-state index contributed by atoms with van der Waals surface area (Å²) < 4.78 is 0. The zero-order chi connectivity index (χ0) is 10.0. The maximum Gasteiger partial charge on any atom is -0.0216 e. The van der Waals surface area contributed by atoms with Crippen LogP contribution in [0.3, 0.4) is 0 Å². The first-order valence-corrected chi connectivity index (χ1v) is 4.98. The Kier molecular flexibility index (Phi) is 3.13. The van der Waals surface area contributed by atoms with E-state index in [4.69, 9.17) is 0 Å². The third-order valence-electron chi connectivity index (χ3n) is 2.49. The minimum atomic E-state index is 0.575. The first kappa shape index (κ1) is 10.3. The largest absolute Gasteiger partial charge is 0.0617 e. The average Bonchev–Trinajstić information content (AvgIpc) is 2.03. The first-order chi connectivity index (χ1) is 6.04. The molecule has 0 unspecified atom stereocenters. The van der Waals surface area contributed by atoms with Gasteiger partial charge in [-0.3, -0.25) is 0 Å². The van der Waals surface area contributed by atoms with E-state index < -0.39 is 0 Å². The fourth-order valence-corrected chi connectivity index (χ4v) is 1.71. The van der Waals surface area contributed by atoms with Gasteiger partial charge in [0.1, 0.15) is 0 Å². The van der Waals surface area contributed by atoms with E-state index in [-0.39, 0.29) is 0 Å². The van der Waals surface area contributed by atoms with Crippen LogP contribution in [0.25, 0.3) is 0 Å². The summed E-state index contributed by atoms with van der Waals surface area (Å²) in [5, 5.41) is 0. The van der Waals surface area contributed by atoms with Crippen LogP contribution in [0.4, 0.5) is 0 Å². The van der Waals surface area contributed by atoms with Gasteiger partial charge >= 0.3 is 0 Å². The molecule has 0 saturated carbocycles. The molecule has 0 N–H and O–H groups in total. The summed E-state index contributed by atoms with van der Waals surface area (Å²) in [6, 6.07) is 6.50. The highest BCUT2D eigenvalue weighted by Crippen LogP contribution is 2.26. The molecule has 0 fully saturated rings. The SMILES string of the molecule is [CH2]c1c(C(C)C)cccc1C(C)C. The standard InChI is InChI=1S/C13H19/c1-9(2)12-7-6-8-13(10(3)4)11(12)5/h6-10H,5H2,1-4H3. The van der Waals surface area contributed by atoms with Gasteiger partial charge in [0.15, 0.2) is 0 Å². The second kappa shape index (κ2) is 3.95. The van der Waals surface area contributed by atoms with Crippen molar-refractivity contribution in [1.29, 1.82) is 0 Å². The van der Waals surface area contributed by atoms with Gasteiger partial charge in [0, 0.05) is 0 Å². The maximum atomic E-state index is 4.16. The molecule has 1 rings (SSSR count). The normalized spacial score (nSPS) is 11.3. The molecular formula is C13H19. The van der Waals surface area contributed by atoms with E-state index in [1.54, 1.807) is 0 Å². The van der Waals surface area contributed by atoms with Crippen LogP contribution in [0.2, 0.25) is 0 Å². The Bertz CT molecular complexity index is 256. The summed E-state index contributed by atoms with van der Waals surface area (Å²) in [6.07, 6.45) is 0. The van der Waals surface area contributed by atoms with Gasteiger partial charge in [0.05, 0.1) is 0 Å². The molecule has 0 aliphatic heterocycles. The van der Waals surface area contributed by atoms with Crippen molar-refractivity contribution in [2.45, 2.75) is 39.5 Å². The lowest BCUT2D eigenvalue weighted by Gasteiger charge is -2.15. The molecule has 0 amide bonds. The van der Waals surface area contributed by atoms with Crippen LogP contribution >= 0.6 is 0 Å². The quantitative estimate of drug-likeness (QED) is 0.634. The zero-order valence-electron chi connectivity index (χ0n) is 9.09. The van der Waals surface area contributed by atoms with E-state index in [2.05, 4.69) is 52.8 Å². The van der Waals surface area contributed by atoms with Gasteiger partial charge in [-0.2, -0.15) is 0 Å². The molecule has 1 aromatic rings. The van der Waals surface area contributed by atoms with Crippen LogP contribution in [-0.2, 0) is 0 Å². The Morgan fingerprint density at radius 3 is 1.62 bits per heavy atom. The Hall–Kier alpha value is -0.780. The van der Waals surface area contributed by atoms with Crippen molar-refractivity contribution in [2.24, 2.45) is 0 Å². The van der Waals surface area contributed by atoms with Crippen LogP contribution in [0.15, 0.2) is 18.2 Å². The minimum absolute atomic E-state index is 0.575. The molecule has 71 valence electrons. The van der Waals surface area contributed by atoms with Crippen molar-refractivity contribution in [3.8, 4) is 0 Å². The summed E-state index contributed by atoms with van der Waals surface area (Å²) in [7, 11) is 0. The lowest BCUT2D eigenvalue weighted by molar-refractivity contribution is 0.825. The van der Waals surface area contributed by atoms with E-state index >= 15 is 0 Å². The molecule has 1 aromatic carbocycles. The molecule has 0 aromatic heterocycles. The van der Waals surface area contributed by atoms with Gasteiger partial charge in [-0.15, -0.1) is 0 Å². The second-order valence-electron chi connectivity index (χ2n) is 4.22. The van der Waals surface area contributed by atoms with Crippen molar-refractivity contribution in [2.75, 3.05) is 0 Å². The number of hydrogen-bond acceptors (Lipinski definition) is 0. The van der Waals surface area contributed by atoms with Gasteiger partial charge in [0.25, 0.3) is 0 Å². The van der Waals surface area contributed by atoms with Crippen molar-refractivity contribution >= 4 is 0 Å². The monoisotopic (exact) mass is 175 g/mol. The third-order valence-corrected chi connectivity index (χ3v) is 2.49. The zero-order valence-corrected chi connectivity index (χ0v) is 9.09. The topological polar surface area (TPSA) is 0 Å². The molecule has 0 nitrogen and oxygen atoms in total. The van der Waals surface area contributed by atoms with Crippen molar-refractivity contribution in [1.82, 2.24) is 0 Å². The van der Waals surface area contributed by atoms with Crippen LogP contribution in [0.5, 0.6) is 0 Å². The van der Waals surface area contributed by atoms with Crippen molar-refractivity contribution in [3.05, 3.63) is 41.8 Å². The lowest BCUT2D eigenvalue weighted by atomic mass is 9.90. The van der Waals surface area contributed by atoms with Gasteiger partial charge in [-0.25, -0.2) is 0 Å². The second-order valence-corrected chi connectivity index (χ2v) is 4.22. The maximum absolute atomic E-state index is 4.16. The van der Waals surface area contributed by atoms with E-state index in [0.717, 1.165) is 0 Å². The van der Waals surface area contributed by atoms with Gasteiger partial charge < -0.3 is 0 Å². The molecule has 0 bridgehead atoms. The van der Waals surface area contributed by atoms with Gasteiger partial charge in [-0.1, -0.05) is 45.9 Å². The molecule has 0 heterocycles. The van der Waals surface area contributed by atoms with E-state index in [0.29, 0.717) is 11.8 Å². The molecule has 0 saturated heterocycles. The summed E-state index contributed by atoms with van der Waals surface area (Å²) in [4.78, 5) is 0. The highest BCUT2D eigenvalue weighted by Gasteiger charge is 2.08. The van der Waals surface area contributed by atoms with E-state index in [1.807, 2.05) is 0 Å². The Morgan fingerprint density at radius 2 is 1.31 bits per heavy atom. The highest BCUT2D eigenvalue weighted by atomic mass is 14.1. The molecule has 0 aliphatic rings. The number of rotatable bonds is 2. The number of benzene rings is 1. The predicted octanol–water partition coefficient (Wildman–Crippen LogP) is 4.12. The Balaban J connectivity index is 3.18. The fourth-order valence-electron chi connectivity index (χ4n) is 1.71. The third kappa shape index (κ3) is 2.12. The van der Waals surface area contributed by atoms with E-state index in [1.165, 1.54) is 16.7 Å². The smallest absolute Gasteiger partial charge is 0.0216 e. The van der Waals surface area contributed by atoms with Gasteiger partial charge in [-0.05, 0) is 35.4 Å². The molecular weight excluding hydrogens is 156 g/mol. The van der Waals surface area contributed by atoms with Crippen LogP contribution < -0.4 is 0 Å². The Morgan fingerprint density at radius 1 is 0.923 bits per heavy atom. The summed E-state index contributed by atoms with van der Waals surface area (Å²) >= 11 is 0. The highest BCUT2D eigenvalue weighted by molar-refractivity contribution is 5.40. The van der Waals surface area contributed by atoms with E-state index in [9.17, 15) is 0 Å². The predicted molar refractivity (Wildman–Crippen MR) is 59.1 cm³/mol. The van der Waals surface area contributed by atoms with Crippen LogP contribution in [-0.4, -0.2) is 0 Å². The molecule has 0 atom stereocenters. The molecule has 0 heteroatoms.